The number of nitrogens with one attached hydrogen (secondary N) is 2. The van der Waals surface area contributed by atoms with Crippen LogP contribution in [0.5, 0.6) is 0 Å². The fraction of sp³-hybridized carbons (Fsp3) is 0.105. The molecule has 2 aromatic carbocycles. The number of hydrogen-bond acceptors (Lipinski definition) is 4. The average molecular weight is 367 g/mol. The van der Waals surface area contributed by atoms with Gasteiger partial charge in [-0.15, -0.1) is 0 Å². The minimum absolute atomic E-state index is 0.208. The van der Waals surface area contributed by atoms with Crippen molar-refractivity contribution in [2.45, 2.75) is 5.75 Å². The van der Waals surface area contributed by atoms with Crippen molar-refractivity contribution in [3.8, 4) is 0 Å². The lowest BCUT2D eigenvalue weighted by molar-refractivity contribution is 0.0844. The molecule has 2 N–H and O–H groups in total. The van der Waals surface area contributed by atoms with Gasteiger partial charge in [0.1, 0.15) is 5.69 Å². The van der Waals surface area contributed by atoms with Gasteiger partial charge in [0.15, 0.2) is 0 Å². The molecule has 0 aliphatic rings. The number of aromatic nitrogens is 1. The first-order valence-corrected chi connectivity index (χ1v) is 9.61. The number of hydrazine groups is 1. The van der Waals surface area contributed by atoms with Crippen LogP contribution in [-0.2, 0) is 16.6 Å². The summed E-state index contributed by atoms with van der Waals surface area (Å²) in [4.78, 5) is 28.7. The van der Waals surface area contributed by atoms with Crippen LogP contribution < -0.4 is 10.9 Å². The summed E-state index contributed by atoms with van der Waals surface area (Å²) in [5.41, 5.74) is 6.81. The van der Waals surface area contributed by atoms with Gasteiger partial charge in [-0.2, -0.15) is 0 Å². The zero-order valence-corrected chi connectivity index (χ0v) is 14.9. The molecule has 0 radical (unpaired) electrons. The highest BCUT2D eigenvalue weighted by atomic mass is 32.2. The Kier molecular flexibility index (Phi) is 5.38. The number of rotatable bonds is 4. The molecule has 2 amide bonds. The first kappa shape index (κ1) is 17.8. The minimum Gasteiger partial charge on any atom is -0.267 e. The van der Waals surface area contributed by atoms with Crippen molar-refractivity contribution in [2.24, 2.45) is 0 Å². The third-order valence-corrected chi connectivity index (χ3v) is 4.42. The Morgan fingerprint density at radius 1 is 0.962 bits per heavy atom. The van der Waals surface area contributed by atoms with E-state index in [0.717, 1.165) is 10.9 Å². The van der Waals surface area contributed by atoms with Gasteiger partial charge in [-0.1, -0.05) is 36.4 Å². The molecule has 1 heterocycles. The van der Waals surface area contributed by atoms with Gasteiger partial charge in [0.05, 0.1) is 5.52 Å². The number of para-hydroxylation sites is 1. The van der Waals surface area contributed by atoms with Crippen LogP contribution in [0.15, 0.2) is 60.7 Å². The molecule has 0 bridgehead atoms. The summed E-state index contributed by atoms with van der Waals surface area (Å²) in [5, 5.41) is 0.929. The van der Waals surface area contributed by atoms with Crippen molar-refractivity contribution in [3.63, 3.8) is 0 Å². The first-order chi connectivity index (χ1) is 12.5. The number of carbonyl (C=O) groups is 2. The van der Waals surface area contributed by atoms with Crippen molar-refractivity contribution in [1.82, 2.24) is 15.8 Å². The van der Waals surface area contributed by atoms with E-state index < -0.39 is 22.6 Å². The Morgan fingerprint density at radius 3 is 2.54 bits per heavy atom. The molecule has 1 aromatic heterocycles. The Balaban J connectivity index is 1.66. The van der Waals surface area contributed by atoms with E-state index in [1.807, 2.05) is 24.3 Å². The highest BCUT2D eigenvalue weighted by Crippen LogP contribution is 2.11. The van der Waals surface area contributed by atoms with Crippen LogP contribution in [0.3, 0.4) is 0 Å². The van der Waals surface area contributed by atoms with Crippen LogP contribution in [0.4, 0.5) is 0 Å². The van der Waals surface area contributed by atoms with Gasteiger partial charge in [0.2, 0.25) is 0 Å². The molecule has 0 spiro atoms. The molecule has 6 nitrogen and oxygen atoms in total. The number of carbonyl (C=O) groups excluding carboxylic acids is 2. The highest BCUT2D eigenvalue weighted by molar-refractivity contribution is 7.83. The Morgan fingerprint density at radius 2 is 1.73 bits per heavy atom. The maximum absolute atomic E-state index is 12.2. The molecular weight excluding hydrogens is 350 g/mol. The van der Waals surface area contributed by atoms with Gasteiger partial charge in [0.25, 0.3) is 11.8 Å². The van der Waals surface area contributed by atoms with E-state index in [4.69, 9.17) is 0 Å². The summed E-state index contributed by atoms with van der Waals surface area (Å²) in [6.45, 7) is 0. The standard InChI is InChI=1S/C19H17N3O3S/c1-26(25)12-13-5-4-7-15(11-13)18(23)21-22-19(24)17-10-9-14-6-2-3-8-16(14)20-17/h2-11H,12H2,1H3,(H,21,23)(H,22,24). The van der Waals surface area contributed by atoms with E-state index in [0.29, 0.717) is 16.8 Å². The molecule has 7 heteroatoms. The number of benzene rings is 2. The van der Waals surface area contributed by atoms with Gasteiger partial charge in [-0.25, -0.2) is 4.98 Å². The number of pyridine rings is 1. The largest absolute Gasteiger partial charge is 0.288 e. The van der Waals surface area contributed by atoms with E-state index in [9.17, 15) is 13.8 Å². The third kappa shape index (κ3) is 4.31. The van der Waals surface area contributed by atoms with Crippen LogP contribution in [-0.4, -0.2) is 27.3 Å². The molecular formula is C19H17N3O3S. The van der Waals surface area contributed by atoms with Gasteiger partial charge in [-0.05, 0) is 29.8 Å². The molecule has 26 heavy (non-hydrogen) atoms. The summed E-state index contributed by atoms with van der Waals surface area (Å²) in [6.07, 6.45) is 1.60. The molecule has 0 aliphatic heterocycles. The summed E-state index contributed by atoms with van der Waals surface area (Å²) >= 11 is 0. The average Bonchev–Trinajstić information content (AvgIpc) is 2.65. The first-order valence-electron chi connectivity index (χ1n) is 7.88. The topological polar surface area (TPSA) is 88.2 Å². The van der Waals surface area contributed by atoms with Gasteiger partial charge < -0.3 is 0 Å². The Labute approximate surface area is 153 Å². The molecule has 0 saturated carbocycles. The predicted octanol–water partition coefficient (Wildman–Crippen LogP) is 2.19. The van der Waals surface area contributed by atoms with Crippen molar-refractivity contribution in [3.05, 3.63) is 77.5 Å². The van der Waals surface area contributed by atoms with Crippen molar-refractivity contribution in [1.29, 1.82) is 0 Å². The van der Waals surface area contributed by atoms with Crippen molar-refractivity contribution in [2.75, 3.05) is 6.26 Å². The monoisotopic (exact) mass is 367 g/mol. The quantitative estimate of drug-likeness (QED) is 0.692. The fourth-order valence-electron chi connectivity index (χ4n) is 2.48. The van der Waals surface area contributed by atoms with E-state index in [2.05, 4.69) is 15.8 Å². The van der Waals surface area contributed by atoms with Crippen LogP contribution in [0, 0.1) is 0 Å². The molecule has 1 unspecified atom stereocenters. The summed E-state index contributed by atoms with van der Waals surface area (Å²) in [7, 11) is -0.995. The summed E-state index contributed by atoms with van der Waals surface area (Å²) in [6, 6.07) is 17.6. The molecule has 0 aliphatic carbocycles. The lowest BCUT2D eigenvalue weighted by atomic mass is 10.1. The molecule has 0 saturated heterocycles. The van der Waals surface area contributed by atoms with Gasteiger partial charge in [-0.3, -0.25) is 24.6 Å². The number of amides is 2. The van der Waals surface area contributed by atoms with Gasteiger partial charge in [0, 0.05) is 33.8 Å². The molecule has 132 valence electrons. The fourth-order valence-corrected chi connectivity index (χ4v) is 3.13. The number of hydrogen-bond donors (Lipinski definition) is 2. The van der Waals surface area contributed by atoms with Gasteiger partial charge >= 0.3 is 0 Å². The van der Waals surface area contributed by atoms with Crippen molar-refractivity contribution < 1.29 is 13.8 Å². The minimum atomic E-state index is -0.995. The second kappa shape index (κ2) is 7.88. The molecule has 0 fully saturated rings. The van der Waals surface area contributed by atoms with E-state index in [1.165, 1.54) is 0 Å². The van der Waals surface area contributed by atoms with Crippen LogP contribution in [0.25, 0.3) is 10.9 Å². The van der Waals surface area contributed by atoms with Crippen molar-refractivity contribution >= 4 is 33.5 Å². The van der Waals surface area contributed by atoms with Crippen LogP contribution in [0.2, 0.25) is 0 Å². The normalized spacial score (nSPS) is 11.7. The van der Waals surface area contributed by atoms with Crippen LogP contribution >= 0.6 is 0 Å². The molecule has 3 rings (SSSR count). The third-order valence-electron chi connectivity index (χ3n) is 3.68. The zero-order chi connectivity index (χ0) is 18.5. The smallest absolute Gasteiger partial charge is 0.267 e. The Bertz CT molecular complexity index is 1000. The summed E-state index contributed by atoms with van der Waals surface area (Å²) < 4.78 is 11.3. The van der Waals surface area contributed by atoms with E-state index in [-0.39, 0.29) is 5.69 Å². The Hall–Kier alpha value is -3.06. The predicted molar refractivity (Wildman–Crippen MR) is 101 cm³/mol. The molecule has 3 aromatic rings. The van der Waals surface area contributed by atoms with E-state index in [1.54, 1.807) is 42.7 Å². The number of fused-ring (bicyclic) bond motifs is 1. The second-order valence-electron chi connectivity index (χ2n) is 5.72. The maximum Gasteiger partial charge on any atom is 0.288 e. The molecule has 1 atom stereocenters. The lowest BCUT2D eigenvalue weighted by Gasteiger charge is -2.08. The number of nitrogens with zero attached hydrogens (tertiary/aromatic N) is 1. The second-order valence-corrected chi connectivity index (χ2v) is 7.15. The highest BCUT2D eigenvalue weighted by Gasteiger charge is 2.11. The maximum atomic E-state index is 12.2. The lowest BCUT2D eigenvalue weighted by Crippen LogP contribution is -2.42. The SMILES string of the molecule is CS(=O)Cc1cccc(C(=O)NNC(=O)c2ccc3ccccc3n2)c1. The zero-order valence-electron chi connectivity index (χ0n) is 14.1. The summed E-state index contributed by atoms with van der Waals surface area (Å²) in [5.74, 6) is -0.591. The van der Waals surface area contributed by atoms with E-state index >= 15 is 0 Å². The van der Waals surface area contributed by atoms with Crippen LogP contribution in [0.1, 0.15) is 26.4 Å².